The molecule has 0 spiro atoms. The van der Waals surface area contributed by atoms with Crippen LogP contribution in [0.2, 0.25) is 0 Å². The lowest BCUT2D eigenvalue weighted by Gasteiger charge is -2.32. The van der Waals surface area contributed by atoms with Gasteiger partial charge < -0.3 is 15.4 Å². The Bertz CT molecular complexity index is 191. The Morgan fingerprint density at radius 3 is 2.64 bits per heavy atom. The summed E-state index contributed by atoms with van der Waals surface area (Å²) in [6.07, 6.45) is 2.56. The Hall–Kier alpha value is -0.610. The number of hydrogen-bond donors (Lipinski definition) is 1. The molecule has 0 unspecified atom stereocenters. The van der Waals surface area contributed by atoms with Crippen molar-refractivity contribution in [3.05, 3.63) is 0 Å². The van der Waals surface area contributed by atoms with E-state index in [0.29, 0.717) is 12.5 Å². The van der Waals surface area contributed by atoms with Crippen LogP contribution in [0, 0.1) is 0 Å². The van der Waals surface area contributed by atoms with Crippen LogP contribution in [0.15, 0.2) is 0 Å². The number of amides is 1. The number of nitrogens with zero attached hydrogens (tertiary/aromatic N) is 1. The zero-order valence-electron chi connectivity index (χ0n) is 9.03. The number of likely N-dealkylation sites (N-methyl/N-ethyl adjacent to an activating group) is 1. The fourth-order valence-electron chi connectivity index (χ4n) is 1.69. The Morgan fingerprint density at radius 2 is 2.14 bits per heavy atom. The van der Waals surface area contributed by atoms with E-state index in [-0.39, 0.29) is 11.9 Å². The number of ether oxygens (including phenoxy) is 1. The number of carbonyl (C=O) groups is 1. The molecule has 0 radical (unpaired) electrons. The number of nitrogens with two attached hydrogens (primary N) is 1. The van der Waals surface area contributed by atoms with Crippen LogP contribution in [0.5, 0.6) is 0 Å². The number of carbonyl (C=O) groups excluding carboxylic acids is 1. The largest absolute Gasteiger partial charge is 0.381 e. The lowest BCUT2D eigenvalue weighted by atomic mass is 10.1. The van der Waals surface area contributed by atoms with Crippen LogP contribution in [0.3, 0.4) is 0 Å². The average Bonchev–Trinajstić information content (AvgIpc) is 2.27. The van der Waals surface area contributed by atoms with Crippen LogP contribution in [-0.4, -0.2) is 43.2 Å². The van der Waals surface area contributed by atoms with Gasteiger partial charge in [-0.25, -0.2) is 0 Å². The lowest BCUT2D eigenvalue weighted by molar-refractivity contribution is -0.135. The molecule has 14 heavy (non-hydrogen) atoms. The smallest absolute Gasteiger partial charge is 0.239 e. The molecule has 4 nitrogen and oxygen atoms in total. The number of hydrogen-bond acceptors (Lipinski definition) is 3. The summed E-state index contributed by atoms with van der Waals surface area (Å²) in [7, 11) is 1.84. The Kier molecular flexibility index (Phi) is 4.35. The summed E-state index contributed by atoms with van der Waals surface area (Å²) >= 11 is 0. The normalized spacial score (nSPS) is 20.5. The molecule has 0 aromatic heterocycles. The minimum absolute atomic E-state index is 0.0550. The molecule has 1 amide bonds. The Balaban J connectivity index is 2.45. The highest BCUT2D eigenvalue weighted by atomic mass is 16.5. The van der Waals surface area contributed by atoms with Crippen LogP contribution in [0.1, 0.15) is 26.2 Å². The first-order valence-electron chi connectivity index (χ1n) is 5.26. The van der Waals surface area contributed by atoms with Gasteiger partial charge in [0.2, 0.25) is 5.91 Å². The zero-order valence-corrected chi connectivity index (χ0v) is 9.03. The molecular formula is C10H20N2O2. The SMILES string of the molecule is CC[C@H](N)C(=O)N(C)C1CCOCC1. The first-order chi connectivity index (χ1) is 6.66. The Morgan fingerprint density at radius 1 is 1.57 bits per heavy atom. The third kappa shape index (κ3) is 2.69. The molecule has 82 valence electrons. The second-order valence-corrected chi connectivity index (χ2v) is 3.81. The molecule has 0 aliphatic carbocycles. The molecule has 1 saturated heterocycles. The molecule has 0 bridgehead atoms. The second-order valence-electron chi connectivity index (χ2n) is 3.81. The highest BCUT2D eigenvalue weighted by Crippen LogP contribution is 2.13. The molecule has 1 aliphatic heterocycles. The highest BCUT2D eigenvalue weighted by Gasteiger charge is 2.24. The van der Waals surface area contributed by atoms with Crippen LogP contribution in [-0.2, 0) is 9.53 Å². The molecule has 1 aliphatic rings. The number of rotatable bonds is 3. The molecule has 1 heterocycles. The zero-order chi connectivity index (χ0) is 10.6. The minimum Gasteiger partial charge on any atom is -0.381 e. The molecule has 1 atom stereocenters. The van der Waals surface area contributed by atoms with Crippen molar-refractivity contribution < 1.29 is 9.53 Å². The third-order valence-electron chi connectivity index (χ3n) is 2.84. The van der Waals surface area contributed by atoms with E-state index in [1.807, 2.05) is 14.0 Å². The van der Waals surface area contributed by atoms with Gasteiger partial charge in [-0.2, -0.15) is 0 Å². The minimum atomic E-state index is -0.345. The predicted octanol–water partition coefficient (Wildman–Crippen LogP) is 0.361. The predicted molar refractivity (Wildman–Crippen MR) is 54.9 cm³/mol. The monoisotopic (exact) mass is 200 g/mol. The van der Waals surface area contributed by atoms with Crippen molar-refractivity contribution in [3.8, 4) is 0 Å². The lowest BCUT2D eigenvalue weighted by Crippen LogP contribution is -2.47. The quantitative estimate of drug-likeness (QED) is 0.715. The van der Waals surface area contributed by atoms with Crippen molar-refractivity contribution in [2.24, 2.45) is 5.73 Å². The summed E-state index contributed by atoms with van der Waals surface area (Å²) < 4.78 is 5.25. The van der Waals surface area contributed by atoms with Gasteiger partial charge in [-0.05, 0) is 19.3 Å². The van der Waals surface area contributed by atoms with Gasteiger partial charge in [-0.15, -0.1) is 0 Å². The Labute approximate surface area is 85.4 Å². The fourth-order valence-corrected chi connectivity index (χ4v) is 1.69. The van der Waals surface area contributed by atoms with Gasteiger partial charge in [0.1, 0.15) is 0 Å². The molecule has 0 saturated carbocycles. The molecule has 2 N–H and O–H groups in total. The van der Waals surface area contributed by atoms with Crippen molar-refractivity contribution in [1.29, 1.82) is 0 Å². The maximum Gasteiger partial charge on any atom is 0.239 e. The van der Waals surface area contributed by atoms with Gasteiger partial charge >= 0.3 is 0 Å². The first-order valence-corrected chi connectivity index (χ1v) is 5.26. The van der Waals surface area contributed by atoms with Crippen molar-refractivity contribution in [2.45, 2.75) is 38.3 Å². The summed E-state index contributed by atoms with van der Waals surface area (Å²) in [5.74, 6) is 0.0550. The van der Waals surface area contributed by atoms with E-state index >= 15 is 0 Å². The summed E-state index contributed by atoms with van der Waals surface area (Å²) in [6.45, 7) is 3.44. The van der Waals surface area contributed by atoms with Gasteiger partial charge in [-0.1, -0.05) is 6.92 Å². The fraction of sp³-hybridized carbons (Fsp3) is 0.900. The molecular weight excluding hydrogens is 180 g/mol. The second kappa shape index (κ2) is 5.32. The van der Waals surface area contributed by atoms with Gasteiger partial charge in [0.15, 0.2) is 0 Å². The van der Waals surface area contributed by atoms with Crippen molar-refractivity contribution in [3.63, 3.8) is 0 Å². The highest BCUT2D eigenvalue weighted by molar-refractivity contribution is 5.81. The molecule has 4 heteroatoms. The molecule has 0 aromatic carbocycles. The van der Waals surface area contributed by atoms with Crippen LogP contribution in [0.4, 0.5) is 0 Å². The maximum absolute atomic E-state index is 11.7. The van der Waals surface area contributed by atoms with Crippen LogP contribution >= 0.6 is 0 Å². The van der Waals surface area contributed by atoms with Crippen LogP contribution < -0.4 is 5.73 Å². The third-order valence-corrected chi connectivity index (χ3v) is 2.84. The summed E-state index contributed by atoms with van der Waals surface area (Å²) in [5, 5.41) is 0. The van der Waals surface area contributed by atoms with E-state index in [2.05, 4.69) is 0 Å². The standard InChI is InChI=1S/C10H20N2O2/c1-3-9(11)10(13)12(2)8-4-6-14-7-5-8/h8-9H,3-7,11H2,1-2H3/t9-/m0/s1. The van der Waals surface area contributed by atoms with E-state index in [9.17, 15) is 4.79 Å². The van der Waals surface area contributed by atoms with E-state index in [1.165, 1.54) is 0 Å². The van der Waals surface area contributed by atoms with Crippen molar-refractivity contribution in [2.75, 3.05) is 20.3 Å². The van der Waals surface area contributed by atoms with Gasteiger partial charge in [0, 0.05) is 26.3 Å². The van der Waals surface area contributed by atoms with Crippen molar-refractivity contribution in [1.82, 2.24) is 4.90 Å². The van der Waals surface area contributed by atoms with E-state index < -0.39 is 0 Å². The topological polar surface area (TPSA) is 55.6 Å². The van der Waals surface area contributed by atoms with Gasteiger partial charge in [-0.3, -0.25) is 4.79 Å². The maximum atomic E-state index is 11.7. The molecule has 0 aromatic rings. The van der Waals surface area contributed by atoms with Gasteiger partial charge in [0.05, 0.1) is 6.04 Å². The van der Waals surface area contributed by atoms with Crippen molar-refractivity contribution >= 4 is 5.91 Å². The summed E-state index contributed by atoms with van der Waals surface area (Å²) in [4.78, 5) is 13.5. The summed E-state index contributed by atoms with van der Waals surface area (Å²) in [6, 6.07) is -0.0308. The average molecular weight is 200 g/mol. The first kappa shape index (κ1) is 11.5. The van der Waals surface area contributed by atoms with E-state index in [0.717, 1.165) is 26.1 Å². The van der Waals surface area contributed by atoms with Crippen LogP contribution in [0.25, 0.3) is 0 Å². The van der Waals surface area contributed by atoms with E-state index in [1.54, 1.807) is 4.90 Å². The summed E-state index contributed by atoms with van der Waals surface area (Å²) in [5.41, 5.74) is 5.70. The molecule has 1 rings (SSSR count). The van der Waals surface area contributed by atoms with E-state index in [4.69, 9.17) is 10.5 Å². The van der Waals surface area contributed by atoms with Gasteiger partial charge in [0.25, 0.3) is 0 Å². The molecule has 1 fully saturated rings.